The third kappa shape index (κ3) is 4.72. The van der Waals surface area contributed by atoms with E-state index in [0.717, 1.165) is 11.3 Å². The number of likely N-dealkylation sites (N-methyl/N-ethyl adjacent to an activating group) is 1. The smallest absolute Gasteiger partial charge is 0.234 e. The summed E-state index contributed by atoms with van der Waals surface area (Å²) in [5.74, 6) is 0.452. The van der Waals surface area contributed by atoms with Crippen molar-refractivity contribution < 1.29 is 13.6 Å². The van der Waals surface area contributed by atoms with Gasteiger partial charge in [0.15, 0.2) is 0 Å². The van der Waals surface area contributed by atoms with Crippen molar-refractivity contribution in [3.63, 3.8) is 0 Å². The maximum absolute atomic E-state index is 12.9. The van der Waals surface area contributed by atoms with E-state index in [2.05, 4.69) is 5.32 Å². The molecule has 0 radical (unpaired) electrons. The molecule has 2 rings (SSSR count). The van der Waals surface area contributed by atoms with Crippen molar-refractivity contribution in [1.82, 2.24) is 10.2 Å². The Balaban J connectivity index is 1.82. The van der Waals surface area contributed by atoms with E-state index in [1.165, 1.54) is 12.1 Å². The number of carbonyl (C=O) groups excluding carboxylic acids is 1. The molecule has 0 fully saturated rings. The number of nitrogens with zero attached hydrogens (tertiary/aromatic N) is 1. The van der Waals surface area contributed by atoms with Gasteiger partial charge in [0.1, 0.15) is 11.6 Å². The standard InChI is InChI=1S/C16H19FN2O2/c1-12(13-5-7-14(17)8-6-13)18-16(20)11-19(2)10-15-4-3-9-21-15/h3-9,12H,10-11H2,1-2H3,(H,18,20)/t12-/m1/s1. The van der Waals surface area contributed by atoms with Crippen LogP contribution in [0.5, 0.6) is 0 Å². The van der Waals surface area contributed by atoms with Crippen molar-refractivity contribution in [2.24, 2.45) is 0 Å². The Morgan fingerprint density at radius 2 is 2.05 bits per heavy atom. The van der Waals surface area contributed by atoms with Gasteiger partial charge in [-0.1, -0.05) is 12.1 Å². The van der Waals surface area contributed by atoms with Crippen LogP contribution in [-0.4, -0.2) is 24.4 Å². The van der Waals surface area contributed by atoms with Crippen LogP contribution in [0.3, 0.4) is 0 Å². The van der Waals surface area contributed by atoms with Crippen molar-refractivity contribution in [2.45, 2.75) is 19.5 Å². The summed E-state index contributed by atoms with van der Waals surface area (Å²) in [6, 6.07) is 9.66. The summed E-state index contributed by atoms with van der Waals surface area (Å²) in [5, 5.41) is 2.89. The van der Waals surface area contributed by atoms with Crippen molar-refractivity contribution in [3.05, 3.63) is 59.8 Å². The van der Waals surface area contributed by atoms with Crippen LogP contribution in [-0.2, 0) is 11.3 Å². The first-order valence-electron chi connectivity index (χ1n) is 6.80. The molecule has 0 aliphatic heterocycles. The second-order valence-electron chi connectivity index (χ2n) is 5.09. The summed E-state index contributed by atoms with van der Waals surface area (Å²) in [7, 11) is 1.85. The van der Waals surface area contributed by atoms with Gasteiger partial charge in [-0.15, -0.1) is 0 Å². The lowest BCUT2D eigenvalue weighted by Crippen LogP contribution is -2.36. The summed E-state index contributed by atoms with van der Waals surface area (Å²) < 4.78 is 18.1. The molecule has 1 heterocycles. The zero-order valence-corrected chi connectivity index (χ0v) is 12.2. The van der Waals surface area contributed by atoms with Gasteiger partial charge in [-0.2, -0.15) is 0 Å². The number of benzene rings is 1. The Kier molecular flexibility index (Phi) is 5.11. The molecule has 0 unspecified atom stereocenters. The van der Waals surface area contributed by atoms with Crippen LogP contribution in [0.4, 0.5) is 4.39 Å². The summed E-state index contributed by atoms with van der Waals surface area (Å²) in [6.07, 6.45) is 1.61. The number of rotatable bonds is 6. The van der Waals surface area contributed by atoms with Gasteiger partial charge in [0, 0.05) is 0 Å². The van der Waals surface area contributed by atoms with Gasteiger partial charge in [-0.05, 0) is 43.8 Å². The Morgan fingerprint density at radius 3 is 2.67 bits per heavy atom. The van der Waals surface area contributed by atoms with Crippen LogP contribution >= 0.6 is 0 Å². The molecular weight excluding hydrogens is 271 g/mol. The summed E-state index contributed by atoms with van der Waals surface area (Å²) in [6.45, 7) is 2.72. The molecule has 1 aromatic heterocycles. The fraction of sp³-hybridized carbons (Fsp3) is 0.312. The number of hydrogen-bond donors (Lipinski definition) is 1. The highest BCUT2D eigenvalue weighted by Crippen LogP contribution is 2.12. The SMILES string of the molecule is C[C@@H](NC(=O)CN(C)Cc1ccco1)c1ccc(F)cc1. The highest BCUT2D eigenvalue weighted by molar-refractivity contribution is 5.78. The molecule has 0 aliphatic rings. The van der Waals surface area contributed by atoms with Crippen LogP contribution in [0, 0.1) is 5.82 Å². The molecule has 112 valence electrons. The summed E-state index contributed by atoms with van der Waals surface area (Å²) in [4.78, 5) is 13.8. The lowest BCUT2D eigenvalue weighted by molar-refractivity contribution is -0.122. The summed E-state index contributed by atoms with van der Waals surface area (Å²) in [5.41, 5.74) is 0.874. The van der Waals surface area contributed by atoms with Crippen LogP contribution in [0.1, 0.15) is 24.3 Å². The zero-order chi connectivity index (χ0) is 15.2. The number of halogens is 1. The molecule has 1 aromatic carbocycles. The zero-order valence-electron chi connectivity index (χ0n) is 12.2. The van der Waals surface area contributed by atoms with Crippen LogP contribution < -0.4 is 5.32 Å². The number of hydrogen-bond acceptors (Lipinski definition) is 3. The lowest BCUT2D eigenvalue weighted by Gasteiger charge is -2.18. The predicted octanol–water partition coefficient (Wildman–Crippen LogP) is 2.73. The number of furan rings is 1. The Morgan fingerprint density at radius 1 is 1.33 bits per heavy atom. The molecule has 0 saturated heterocycles. The van der Waals surface area contributed by atoms with Crippen molar-refractivity contribution in [3.8, 4) is 0 Å². The fourth-order valence-electron chi connectivity index (χ4n) is 2.09. The van der Waals surface area contributed by atoms with Gasteiger partial charge >= 0.3 is 0 Å². The van der Waals surface area contributed by atoms with E-state index in [0.29, 0.717) is 6.54 Å². The Hall–Kier alpha value is -2.14. The molecule has 0 saturated carbocycles. The quantitative estimate of drug-likeness (QED) is 0.889. The maximum atomic E-state index is 12.9. The second kappa shape index (κ2) is 7.04. The number of carbonyl (C=O) groups is 1. The minimum Gasteiger partial charge on any atom is -0.468 e. The van der Waals surface area contributed by atoms with Crippen molar-refractivity contribution in [2.75, 3.05) is 13.6 Å². The van der Waals surface area contributed by atoms with Gasteiger partial charge in [-0.25, -0.2) is 4.39 Å². The van der Waals surface area contributed by atoms with E-state index in [9.17, 15) is 9.18 Å². The van der Waals surface area contributed by atoms with Gasteiger partial charge in [0.2, 0.25) is 5.91 Å². The van der Waals surface area contributed by atoms with Crippen molar-refractivity contribution in [1.29, 1.82) is 0 Å². The first-order valence-corrected chi connectivity index (χ1v) is 6.80. The molecule has 1 N–H and O–H groups in total. The Labute approximate surface area is 123 Å². The topological polar surface area (TPSA) is 45.5 Å². The van der Waals surface area contributed by atoms with Gasteiger partial charge in [0.25, 0.3) is 0 Å². The molecule has 0 spiro atoms. The third-order valence-electron chi connectivity index (χ3n) is 3.17. The Bertz CT molecular complexity index is 566. The first-order chi connectivity index (χ1) is 10.0. The molecule has 21 heavy (non-hydrogen) atoms. The van der Waals surface area contributed by atoms with Crippen LogP contribution in [0.25, 0.3) is 0 Å². The first kappa shape index (κ1) is 15.3. The minimum atomic E-state index is -0.282. The second-order valence-corrected chi connectivity index (χ2v) is 5.09. The highest BCUT2D eigenvalue weighted by Gasteiger charge is 2.12. The van der Waals surface area contributed by atoms with Crippen LogP contribution in [0.15, 0.2) is 47.1 Å². The largest absolute Gasteiger partial charge is 0.468 e. The molecule has 1 amide bonds. The third-order valence-corrected chi connectivity index (χ3v) is 3.17. The monoisotopic (exact) mass is 290 g/mol. The van der Waals surface area contributed by atoms with E-state index in [1.807, 2.05) is 31.0 Å². The molecule has 4 nitrogen and oxygen atoms in total. The molecule has 5 heteroatoms. The van der Waals surface area contributed by atoms with Crippen molar-refractivity contribution >= 4 is 5.91 Å². The average Bonchev–Trinajstić information content (AvgIpc) is 2.91. The highest BCUT2D eigenvalue weighted by atomic mass is 19.1. The van der Waals surface area contributed by atoms with E-state index in [1.54, 1.807) is 18.4 Å². The van der Waals surface area contributed by atoms with E-state index >= 15 is 0 Å². The molecule has 2 aromatic rings. The maximum Gasteiger partial charge on any atom is 0.234 e. The van der Waals surface area contributed by atoms with E-state index < -0.39 is 0 Å². The molecule has 1 atom stereocenters. The van der Waals surface area contributed by atoms with Gasteiger partial charge in [0.05, 0.1) is 25.4 Å². The summed E-state index contributed by atoms with van der Waals surface area (Å²) >= 11 is 0. The average molecular weight is 290 g/mol. The lowest BCUT2D eigenvalue weighted by atomic mass is 10.1. The molecule has 0 bridgehead atoms. The van der Waals surface area contributed by atoms with E-state index in [-0.39, 0.29) is 24.3 Å². The van der Waals surface area contributed by atoms with E-state index in [4.69, 9.17) is 4.42 Å². The number of amides is 1. The minimum absolute atomic E-state index is 0.0825. The number of nitrogens with one attached hydrogen (secondary N) is 1. The predicted molar refractivity (Wildman–Crippen MR) is 78.0 cm³/mol. The van der Waals surface area contributed by atoms with Crippen LogP contribution in [0.2, 0.25) is 0 Å². The van der Waals surface area contributed by atoms with Gasteiger partial charge in [-0.3, -0.25) is 9.69 Å². The fourth-order valence-corrected chi connectivity index (χ4v) is 2.09. The molecular formula is C16H19FN2O2. The normalized spacial score (nSPS) is 12.4. The van der Waals surface area contributed by atoms with Gasteiger partial charge < -0.3 is 9.73 Å². The molecule has 0 aliphatic carbocycles.